The molecule has 0 aromatic rings. The number of hydrogen-bond acceptors (Lipinski definition) is 3. The molecule has 0 saturated heterocycles. The second-order valence-electron chi connectivity index (χ2n) is 2.52. The summed E-state index contributed by atoms with van der Waals surface area (Å²) in [6.45, 7) is 2.51. The molecule has 0 rings (SSSR count). The topological polar surface area (TPSA) is 61.7 Å². The minimum atomic E-state index is -0.852. The smallest absolute Gasteiger partial charge is 0.317 e. The second-order valence-corrected chi connectivity index (χ2v) is 2.52. The van der Waals surface area contributed by atoms with E-state index in [0.29, 0.717) is 6.54 Å². The maximum Gasteiger partial charge on any atom is 0.317 e. The molecular weight excluding hydrogens is 168 g/mol. The zero-order chi connectivity index (χ0) is 10.1. The van der Waals surface area contributed by atoms with Gasteiger partial charge in [0.15, 0.2) is 0 Å². The Hall–Kier alpha value is -1.16. The highest BCUT2D eigenvalue weighted by molar-refractivity contribution is 5.96. The Morgan fingerprint density at radius 1 is 1.54 bits per heavy atom. The van der Waals surface area contributed by atoms with Crippen LogP contribution in [0.5, 0.6) is 0 Å². The minimum Gasteiger partial charge on any atom is -0.480 e. The highest BCUT2D eigenvalue weighted by Crippen LogP contribution is 1.83. The first-order chi connectivity index (χ1) is 6.20. The molecule has 4 nitrogen and oxygen atoms in total. The largest absolute Gasteiger partial charge is 0.480 e. The van der Waals surface area contributed by atoms with Crippen LogP contribution in [0.25, 0.3) is 0 Å². The number of rotatable bonds is 6. The lowest BCUT2D eigenvalue weighted by molar-refractivity contribution is -0.135. The zero-order valence-electron chi connectivity index (χ0n) is 8.08. The summed E-state index contributed by atoms with van der Waals surface area (Å²) in [7, 11) is 1.69. The molecule has 0 radical (unpaired) electrons. The standard InChI is InChI=1S/C9H16N2O2/c1-3-4-5-8(10-2)6-11-7-9(12)13/h4-5,11H,3,6-7H2,1-2H3,(H,12,13)/b5-4-,10-8?. The normalized spacial score (nSPS) is 12.3. The van der Waals surface area contributed by atoms with Crippen LogP contribution in [0, 0.1) is 0 Å². The van der Waals surface area contributed by atoms with E-state index in [1.165, 1.54) is 0 Å². The van der Waals surface area contributed by atoms with Crippen LogP contribution in [0.1, 0.15) is 13.3 Å². The predicted molar refractivity (Wildman–Crippen MR) is 53.3 cm³/mol. The molecule has 0 aromatic heterocycles. The van der Waals surface area contributed by atoms with Crippen molar-refractivity contribution in [3.8, 4) is 0 Å². The molecule has 0 aliphatic rings. The lowest BCUT2D eigenvalue weighted by Crippen LogP contribution is -2.27. The van der Waals surface area contributed by atoms with Gasteiger partial charge in [0.2, 0.25) is 0 Å². The molecule has 0 amide bonds. The maximum atomic E-state index is 10.2. The van der Waals surface area contributed by atoms with Gasteiger partial charge in [0.05, 0.1) is 6.54 Å². The van der Waals surface area contributed by atoms with Gasteiger partial charge in [0.25, 0.3) is 0 Å². The van der Waals surface area contributed by atoms with Gasteiger partial charge in [0.1, 0.15) is 0 Å². The third-order valence-corrected chi connectivity index (χ3v) is 1.42. The summed E-state index contributed by atoms with van der Waals surface area (Å²) < 4.78 is 0. The van der Waals surface area contributed by atoms with Crippen molar-refractivity contribution < 1.29 is 9.90 Å². The minimum absolute atomic E-state index is 0.0288. The predicted octanol–water partition coefficient (Wildman–Crippen LogP) is 0.698. The number of nitrogens with one attached hydrogen (secondary N) is 1. The number of allylic oxidation sites excluding steroid dienone is 1. The van der Waals surface area contributed by atoms with Gasteiger partial charge in [-0.05, 0) is 12.5 Å². The van der Waals surface area contributed by atoms with Gasteiger partial charge in [-0.3, -0.25) is 9.79 Å². The van der Waals surface area contributed by atoms with Gasteiger partial charge < -0.3 is 10.4 Å². The summed E-state index contributed by atoms with van der Waals surface area (Å²) >= 11 is 0. The summed E-state index contributed by atoms with van der Waals surface area (Å²) in [6, 6.07) is 0. The Balaban J connectivity index is 3.74. The van der Waals surface area contributed by atoms with E-state index in [2.05, 4.69) is 10.3 Å². The molecule has 0 saturated carbocycles. The van der Waals surface area contributed by atoms with Crippen molar-refractivity contribution in [1.82, 2.24) is 5.32 Å². The Morgan fingerprint density at radius 3 is 2.69 bits per heavy atom. The number of aliphatic imine (C=N–C) groups is 1. The molecule has 0 heterocycles. The summed E-state index contributed by atoms with van der Waals surface area (Å²) in [5.74, 6) is -0.852. The molecule has 0 unspecified atom stereocenters. The van der Waals surface area contributed by atoms with Crippen LogP contribution in [0.2, 0.25) is 0 Å². The van der Waals surface area contributed by atoms with Crippen LogP contribution in [0.15, 0.2) is 17.1 Å². The summed E-state index contributed by atoms with van der Waals surface area (Å²) in [6.07, 6.45) is 4.84. The third-order valence-electron chi connectivity index (χ3n) is 1.42. The quantitative estimate of drug-likeness (QED) is 0.597. The fourth-order valence-corrected chi connectivity index (χ4v) is 0.764. The Morgan fingerprint density at radius 2 is 2.23 bits per heavy atom. The number of nitrogens with zero attached hydrogens (tertiary/aromatic N) is 1. The Bertz CT molecular complexity index is 210. The first-order valence-corrected chi connectivity index (χ1v) is 4.25. The van der Waals surface area contributed by atoms with E-state index in [9.17, 15) is 4.79 Å². The van der Waals surface area contributed by atoms with Crippen LogP contribution in [-0.2, 0) is 4.79 Å². The van der Waals surface area contributed by atoms with E-state index in [4.69, 9.17) is 5.11 Å². The van der Waals surface area contributed by atoms with E-state index in [1.807, 2.05) is 19.1 Å². The van der Waals surface area contributed by atoms with Crippen molar-refractivity contribution in [2.24, 2.45) is 4.99 Å². The van der Waals surface area contributed by atoms with Crippen LogP contribution >= 0.6 is 0 Å². The van der Waals surface area contributed by atoms with Crippen molar-refractivity contribution in [1.29, 1.82) is 0 Å². The SMILES string of the molecule is CC/C=C\C(CNCC(=O)O)=NC. The fraction of sp³-hybridized carbons (Fsp3) is 0.556. The van der Waals surface area contributed by atoms with E-state index in [-0.39, 0.29) is 6.54 Å². The van der Waals surface area contributed by atoms with E-state index >= 15 is 0 Å². The van der Waals surface area contributed by atoms with Gasteiger partial charge in [0, 0.05) is 19.3 Å². The molecule has 0 atom stereocenters. The summed E-state index contributed by atoms with van der Waals surface area (Å²) in [5.41, 5.74) is 0.864. The number of aliphatic carboxylic acids is 1. The Kier molecular flexibility index (Phi) is 6.82. The number of carbonyl (C=O) groups is 1. The lowest BCUT2D eigenvalue weighted by atomic mass is 10.3. The molecule has 0 bridgehead atoms. The average molecular weight is 184 g/mol. The molecule has 0 aliphatic carbocycles. The van der Waals surface area contributed by atoms with Crippen LogP contribution in [-0.4, -0.2) is 36.9 Å². The molecule has 0 aliphatic heterocycles. The van der Waals surface area contributed by atoms with E-state index < -0.39 is 5.97 Å². The molecular formula is C9H16N2O2. The van der Waals surface area contributed by atoms with Gasteiger partial charge >= 0.3 is 5.97 Å². The van der Waals surface area contributed by atoms with Crippen molar-refractivity contribution >= 4 is 11.7 Å². The van der Waals surface area contributed by atoms with Gasteiger partial charge in [-0.2, -0.15) is 0 Å². The number of carboxylic acids is 1. The summed E-state index contributed by atoms with van der Waals surface area (Å²) in [5, 5.41) is 11.1. The zero-order valence-corrected chi connectivity index (χ0v) is 8.08. The van der Waals surface area contributed by atoms with Crippen LogP contribution < -0.4 is 5.32 Å². The van der Waals surface area contributed by atoms with Gasteiger partial charge in [-0.25, -0.2) is 0 Å². The molecule has 74 valence electrons. The van der Waals surface area contributed by atoms with E-state index in [1.54, 1.807) is 7.05 Å². The van der Waals surface area contributed by atoms with Gasteiger partial charge in [-0.1, -0.05) is 13.0 Å². The first-order valence-electron chi connectivity index (χ1n) is 4.25. The monoisotopic (exact) mass is 184 g/mol. The number of carboxylic acid groups (broad SMARTS) is 1. The van der Waals surface area contributed by atoms with Crippen molar-refractivity contribution in [2.75, 3.05) is 20.1 Å². The fourth-order valence-electron chi connectivity index (χ4n) is 0.764. The summed E-state index contributed by atoms with van der Waals surface area (Å²) in [4.78, 5) is 14.2. The van der Waals surface area contributed by atoms with Crippen LogP contribution in [0.4, 0.5) is 0 Å². The second kappa shape index (κ2) is 7.49. The lowest BCUT2D eigenvalue weighted by Gasteiger charge is -2.00. The Labute approximate surface area is 78.4 Å². The maximum absolute atomic E-state index is 10.2. The molecule has 0 fully saturated rings. The average Bonchev–Trinajstić information content (AvgIpc) is 2.10. The highest BCUT2D eigenvalue weighted by atomic mass is 16.4. The highest BCUT2D eigenvalue weighted by Gasteiger charge is 1.96. The van der Waals surface area contributed by atoms with E-state index in [0.717, 1.165) is 12.1 Å². The molecule has 0 aromatic carbocycles. The molecule has 4 heteroatoms. The molecule has 2 N–H and O–H groups in total. The van der Waals surface area contributed by atoms with Gasteiger partial charge in [-0.15, -0.1) is 0 Å². The van der Waals surface area contributed by atoms with Crippen molar-refractivity contribution in [3.63, 3.8) is 0 Å². The molecule has 0 spiro atoms. The van der Waals surface area contributed by atoms with Crippen molar-refractivity contribution in [2.45, 2.75) is 13.3 Å². The molecule has 13 heavy (non-hydrogen) atoms. The number of hydrogen-bond donors (Lipinski definition) is 2. The van der Waals surface area contributed by atoms with Crippen LogP contribution in [0.3, 0.4) is 0 Å². The van der Waals surface area contributed by atoms with Crippen molar-refractivity contribution in [3.05, 3.63) is 12.2 Å². The third kappa shape index (κ3) is 7.21. The first kappa shape index (κ1) is 11.8.